The molecule has 6 nitrogen and oxygen atoms in total. The van der Waals surface area contributed by atoms with Crippen LogP contribution in [0, 0.1) is 0 Å². The summed E-state index contributed by atoms with van der Waals surface area (Å²) in [4.78, 5) is 20.5. The molecule has 6 heteroatoms. The quantitative estimate of drug-likeness (QED) is 0.576. The summed E-state index contributed by atoms with van der Waals surface area (Å²) in [6.07, 6.45) is 3.17. The van der Waals surface area contributed by atoms with Crippen molar-refractivity contribution in [3.05, 3.63) is 24.0 Å². The van der Waals surface area contributed by atoms with E-state index >= 15 is 0 Å². The second-order valence-corrected chi connectivity index (χ2v) is 4.65. The number of anilines is 1. The van der Waals surface area contributed by atoms with Crippen LogP contribution in [0.4, 0.5) is 5.69 Å². The molecule has 1 unspecified atom stereocenters. The van der Waals surface area contributed by atoms with Crippen molar-refractivity contribution in [3.8, 4) is 0 Å². The van der Waals surface area contributed by atoms with Crippen LogP contribution in [-0.4, -0.2) is 53.4 Å². The number of nitrogens with one attached hydrogen (secondary N) is 1. The van der Waals surface area contributed by atoms with Gasteiger partial charge in [0, 0.05) is 31.9 Å². The molecule has 0 saturated carbocycles. The van der Waals surface area contributed by atoms with Crippen molar-refractivity contribution in [2.45, 2.75) is 13.0 Å². The molecule has 1 aliphatic rings. The first-order valence-electron chi connectivity index (χ1n) is 6.03. The van der Waals surface area contributed by atoms with E-state index in [1.165, 1.54) is 0 Å². The molecule has 18 heavy (non-hydrogen) atoms. The Morgan fingerprint density at radius 3 is 3.00 bits per heavy atom. The van der Waals surface area contributed by atoms with Gasteiger partial charge in [0.15, 0.2) is 0 Å². The Labute approximate surface area is 107 Å². The summed E-state index contributed by atoms with van der Waals surface area (Å²) in [5.74, 6) is 5.40. The fourth-order valence-corrected chi connectivity index (χ4v) is 2.10. The molecule has 1 amide bonds. The third-order valence-corrected chi connectivity index (χ3v) is 3.45. The minimum atomic E-state index is 0.00491. The first-order valence-corrected chi connectivity index (χ1v) is 6.03. The maximum Gasteiger partial charge on any atom is 0.256 e. The molecule has 1 aliphatic heterocycles. The fourth-order valence-electron chi connectivity index (χ4n) is 2.10. The molecule has 0 radical (unpaired) electrons. The smallest absolute Gasteiger partial charge is 0.256 e. The summed E-state index contributed by atoms with van der Waals surface area (Å²) in [6, 6.07) is 2.07. The predicted molar refractivity (Wildman–Crippen MR) is 70.0 cm³/mol. The summed E-state index contributed by atoms with van der Waals surface area (Å²) >= 11 is 0. The van der Waals surface area contributed by atoms with Gasteiger partial charge in [0.25, 0.3) is 5.91 Å². The molecule has 0 spiro atoms. The third-order valence-electron chi connectivity index (χ3n) is 3.45. The Bertz CT molecular complexity index is 436. The average Bonchev–Trinajstić information content (AvgIpc) is 2.41. The Hall–Kier alpha value is -1.66. The number of hydrogen-bond acceptors (Lipinski definition) is 5. The lowest BCUT2D eigenvalue weighted by Gasteiger charge is -2.37. The largest absolute Gasteiger partial charge is 0.336 e. The maximum absolute atomic E-state index is 12.4. The predicted octanol–water partition coefficient (Wildman–Crippen LogP) is 0.143. The van der Waals surface area contributed by atoms with E-state index in [9.17, 15) is 4.79 Å². The second kappa shape index (κ2) is 5.32. The van der Waals surface area contributed by atoms with E-state index < -0.39 is 0 Å². The van der Waals surface area contributed by atoms with Crippen LogP contribution in [0.3, 0.4) is 0 Å². The first-order chi connectivity index (χ1) is 8.63. The lowest BCUT2D eigenvalue weighted by atomic mass is 10.1. The van der Waals surface area contributed by atoms with Crippen molar-refractivity contribution < 1.29 is 4.79 Å². The molecular formula is C12H19N5O. The van der Waals surface area contributed by atoms with Crippen LogP contribution >= 0.6 is 0 Å². The molecule has 2 rings (SSSR count). The fraction of sp³-hybridized carbons (Fsp3) is 0.500. The van der Waals surface area contributed by atoms with E-state index in [2.05, 4.69) is 29.3 Å². The topological polar surface area (TPSA) is 74.5 Å². The third kappa shape index (κ3) is 2.44. The number of hydrazine groups is 1. The summed E-state index contributed by atoms with van der Waals surface area (Å²) < 4.78 is 0. The van der Waals surface area contributed by atoms with Crippen LogP contribution in [0.25, 0.3) is 0 Å². The van der Waals surface area contributed by atoms with E-state index in [-0.39, 0.29) is 5.91 Å². The number of likely N-dealkylation sites (N-methyl/N-ethyl adjacent to an activating group) is 1. The number of nitrogens with zero attached hydrogens (tertiary/aromatic N) is 3. The van der Waals surface area contributed by atoms with Crippen LogP contribution < -0.4 is 11.3 Å². The standard InChI is InChI=1S/C12H19N5O/c1-9-8-17(6-5-16(9)2)12(18)10-3-4-14-7-11(10)15-13/h3-4,7,9,15H,5-6,8,13H2,1-2H3. The van der Waals surface area contributed by atoms with Gasteiger partial charge in [-0.2, -0.15) is 0 Å². The highest BCUT2D eigenvalue weighted by molar-refractivity contribution is 5.99. The molecule has 1 aromatic heterocycles. The van der Waals surface area contributed by atoms with E-state index in [0.717, 1.165) is 19.6 Å². The van der Waals surface area contributed by atoms with Crippen molar-refractivity contribution >= 4 is 11.6 Å². The number of amides is 1. The van der Waals surface area contributed by atoms with Crippen molar-refractivity contribution in [2.24, 2.45) is 5.84 Å². The molecule has 2 heterocycles. The van der Waals surface area contributed by atoms with Gasteiger partial charge >= 0.3 is 0 Å². The first kappa shape index (κ1) is 12.8. The van der Waals surface area contributed by atoms with Crippen molar-refractivity contribution in [3.63, 3.8) is 0 Å². The van der Waals surface area contributed by atoms with Crippen LogP contribution in [0.2, 0.25) is 0 Å². The van der Waals surface area contributed by atoms with E-state index in [0.29, 0.717) is 17.3 Å². The molecule has 3 N–H and O–H groups in total. The number of piperazine rings is 1. The van der Waals surface area contributed by atoms with Gasteiger partial charge in [0.05, 0.1) is 17.4 Å². The minimum Gasteiger partial charge on any atom is -0.336 e. The zero-order valence-electron chi connectivity index (χ0n) is 10.8. The molecule has 0 bridgehead atoms. The monoisotopic (exact) mass is 249 g/mol. The summed E-state index contributed by atoms with van der Waals surface area (Å²) in [5, 5.41) is 0. The summed E-state index contributed by atoms with van der Waals surface area (Å²) in [7, 11) is 2.08. The van der Waals surface area contributed by atoms with Crippen LogP contribution in [0.1, 0.15) is 17.3 Å². The number of nitrogen functional groups attached to an aromatic ring is 1. The van der Waals surface area contributed by atoms with Gasteiger partial charge in [0.1, 0.15) is 0 Å². The molecular weight excluding hydrogens is 230 g/mol. The number of aromatic nitrogens is 1. The molecule has 1 saturated heterocycles. The lowest BCUT2D eigenvalue weighted by Crippen LogP contribution is -2.52. The molecule has 0 aromatic carbocycles. The van der Waals surface area contributed by atoms with Gasteiger partial charge in [-0.3, -0.25) is 15.6 Å². The maximum atomic E-state index is 12.4. The highest BCUT2D eigenvalue weighted by Gasteiger charge is 2.26. The Morgan fingerprint density at radius 1 is 1.56 bits per heavy atom. The number of hydrogen-bond donors (Lipinski definition) is 2. The van der Waals surface area contributed by atoms with Crippen LogP contribution in [-0.2, 0) is 0 Å². The van der Waals surface area contributed by atoms with Gasteiger partial charge in [-0.1, -0.05) is 0 Å². The molecule has 1 aromatic rings. The Kier molecular flexibility index (Phi) is 3.78. The van der Waals surface area contributed by atoms with Crippen LogP contribution in [0.5, 0.6) is 0 Å². The van der Waals surface area contributed by atoms with E-state index in [1.54, 1.807) is 18.5 Å². The Morgan fingerprint density at radius 2 is 2.33 bits per heavy atom. The summed E-state index contributed by atoms with van der Waals surface area (Å²) in [6.45, 7) is 4.49. The average molecular weight is 249 g/mol. The zero-order valence-corrected chi connectivity index (χ0v) is 10.8. The zero-order chi connectivity index (χ0) is 13.1. The van der Waals surface area contributed by atoms with E-state index in [4.69, 9.17) is 5.84 Å². The van der Waals surface area contributed by atoms with Crippen molar-refractivity contribution in [1.29, 1.82) is 0 Å². The second-order valence-electron chi connectivity index (χ2n) is 4.65. The highest BCUT2D eigenvalue weighted by atomic mass is 16.2. The molecule has 1 fully saturated rings. The number of pyridine rings is 1. The lowest BCUT2D eigenvalue weighted by molar-refractivity contribution is 0.0573. The van der Waals surface area contributed by atoms with Gasteiger partial charge in [-0.25, -0.2) is 0 Å². The van der Waals surface area contributed by atoms with Crippen molar-refractivity contribution in [1.82, 2.24) is 14.8 Å². The number of carbonyl (C=O) groups is 1. The number of nitrogens with two attached hydrogens (primary N) is 1. The molecule has 98 valence electrons. The minimum absolute atomic E-state index is 0.00491. The van der Waals surface area contributed by atoms with Crippen molar-refractivity contribution in [2.75, 3.05) is 32.1 Å². The Balaban J connectivity index is 2.16. The van der Waals surface area contributed by atoms with Crippen LogP contribution in [0.15, 0.2) is 18.5 Å². The normalized spacial score (nSPS) is 20.8. The highest BCUT2D eigenvalue weighted by Crippen LogP contribution is 2.17. The molecule has 0 aliphatic carbocycles. The van der Waals surface area contributed by atoms with Gasteiger partial charge in [0.2, 0.25) is 0 Å². The van der Waals surface area contributed by atoms with Gasteiger partial charge in [-0.15, -0.1) is 0 Å². The van der Waals surface area contributed by atoms with E-state index in [1.807, 2.05) is 4.90 Å². The SMILES string of the molecule is CC1CN(C(=O)c2ccncc2NN)CCN1C. The number of carbonyl (C=O) groups excluding carboxylic acids is 1. The molecule has 1 atom stereocenters. The van der Waals surface area contributed by atoms with Gasteiger partial charge < -0.3 is 15.2 Å². The summed E-state index contributed by atoms with van der Waals surface area (Å²) in [5.41, 5.74) is 3.65. The number of rotatable bonds is 2. The van der Waals surface area contributed by atoms with Gasteiger partial charge in [-0.05, 0) is 20.0 Å².